The minimum Gasteiger partial charge on any atom is -0.505 e. The number of alkyl halides is 2. The van der Waals surface area contributed by atoms with Crippen molar-refractivity contribution in [2.24, 2.45) is 0 Å². The van der Waals surface area contributed by atoms with Crippen LogP contribution in [0.3, 0.4) is 0 Å². The topological polar surface area (TPSA) is 77.2 Å². The molecule has 3 heterocycles. The van der Waals surface area contributed by atoms with Crippen LogP contribution < -0.4 is 10.3 Å². The van der Waals surface area contributed by atoms with Gasteiger partial charge in [0.05, 0.1) is 28.8 Å². The van der Waals surface area contributed by atoms with Gasteiger partial charge in [0.15, 0.2) is 10.8 Å². The van der Waals surface area contributed by atoms with Gasteiger partial charge in [0.1, 0.15) is 16.4 Å². The van der Waals surface area contributed by atoms with Crippen LogP contribution in [0.25, 0.3) is 31.7 Å². The fourth-order valence-corrected chi connectivity index (χ4v) is 6.48. The second kappa shape index (κ2) is 8.79. The normalized spacial score (nSPS) is 13.8. The Bertz CT molecular complexity index is 1710. The van der Waals surface area contributed by atoms with Gasteiger partial charge in [-0.2, -0.15) is 0 Å². The van der Waals surface area contributed by atoms with E-state index < -0.39 is 6.43 Å². The Kier molecular flexibility index (Phi) is 5.70. The second-order valence-electron chi connectivity index (χ2n) is 8.57. The molecule has 36 heavy (non-hydrogen) atoms. The summed E-state index contributed by atoms with van der Waals surface area (Å²) < 4.78 is 33.8. The van der Waals surface area contributed by atoms with E-state index >= 15 is 0 Å². The maximum Gasteiger partial charge on any atom is 0.289 e. The van der Waals surface area contributed by atoms with Crippen LogP contribution in [-0.2, 0) is 6.54 Å². The molecule has 3 aromatic heterocycles. The van der Waals surface area contributed by atoms with E-state index in [9.17, 15) is 18.7 Å². The first-order valence-electron chi connectivity index (χ1n) is 11.1. The zero-order valence-electron chi connectivity index (χ0n) is 18.8. The molecule has 0 unspecified atom stereocenters. The number of aromatic hydroxyl groups is 1. The molecule has 0 spiro atoms. The molecule has 5 aromatic rings. The number of rotatable bonds is 6. The summed E-state index contributed by atoms with van der Waals surface area (Å²) in [5, 5.41) is 11.3. The Morgan fingerprint density at radius 1 is 1.25 bits per heavy atom. The lowest BCUT2D eigenvalue weighted by Gasteiger charge is -2.16. The molecule has 6 nitrogen and oxygen atoms in total. The molecule has 0 amide bonds. The number of methoxy groups -OCH3 is 1. The van der Waals surface area contributed by atoms with Crippen molar-refractivity contribution in [3.05, 3.63) is 67.4 Å². The van der Waals surface area contributed by atoms with E-state index in [0.717, 1.165) is 35.3 Å². The monoisotopic (exact) mass is 545 g/mol. The number of ether oxygens (including phenoxy) is 1. The molecule has 6 rings (SSSR count). The second-order valence-corrected chi connectivity index (χ2v) is 11.1. The van der Waals surface area contributed by atoms with Gasteiger partial charge in [-0.3, -0.25) is 9.36 Å². The molecule has 1 saturated carbocycles. The highest BCUT2D eigenvalue weighted by Crippen LogP contribution is 2.46. The van der Waals surface area contributed by atoms with Gasteiger partial charge in [-0.25, -0.2) is 18.7 Å². The number of aromatic nitrogens is 3. The van der Waals surface area contributed by atoms with Crippen LogP contribution in [0.1, 0.15) is 40.6 Å². The summed E-state index contributed by atoms with van der Waals surface area (Å²) >= 11 is 8.18. The first kappa shape index (κ1) is 23.3. The lowest BCUT2D eigenvalue weighted by molar-refractivity contribution is 0.151. The van der Waals surface area contributed by atoms with Gasteiger partial charge in [-0.15, -0.1) is 22.7 Å². The number of thiophene rings is 1. The average Bonchev–Trinajstić information content (AvgIpc) is 3.48. The third-order valence-corrected chi connectivity index (χ3v) is 8.68. The molecule has 1 N–H and O–H groups in total. The number of phenolic OH excluding ortho intramolecular Hbond substituents is 1. The number of hydrogen-bond donors (Lipinski definition) is 1. The zero-order chi connectivity index (χ0) is 25.1. The van der Waals surface area contributed by atoms with Crippen LogP contribution in [0.2, 0.25) is 5.02 Å². The van der Waals surface area contributed by atoms with Crippen molar-refractivity contribution < 1.29 is 18.6 Å². The standard InChI is InChI=1S/C25H18ClF2N3O3S2/c1-34-12-4-5-14(16(8-12)11-2-3-11)22-30-23-18(15-6-7-17(26)19(32)20(15)36-23)25(33)31(22)10-13-9-29-24(35-13)21(27)28/h4-9,11,21,32H,2-3,10H2,1H3. The summed E-state index contributed by atoms with van der Waals surface area (Å²) in [6.07, 6.45) is 0.736. The minimum atomic E-state index is -2.68. The van der Waals surface area contributed by atoms with Crippen LogP contribution in [0.5, 0.6) is 11.5 Å². The SMILES string of the molecule is COc1ccc(-c2nc3sc4c(O)c(Cl)ccc4c3c(=O)n2Cc2cnc(C(F)F)s2)c(C2CC2)c1. The van der Waals surface area contributed by atoms with E-state index in [2.05, 4.69) is 4.98 Å². The third-order valence-electron chi connectivity index (χ3n) is 6.28. The average molecular weight is 546 g/mol. The molecule has 0 atom stereocenters. The number of nitrogens with zero attached hydrogens (tertiary/aromatic N) is 3. The summed E-state index contributed by atoms with van der Waals surface area (Å²) in [4.78, 5) is 23.7. The van der Waals surface area contributed by atoms with Crippen LogP contribution in [0, 0.1) is 0 Å². The van der Waals surface area contributed by atoms with Crippen LogP contribution in [0.15, 0.2) is 41.3 Å². The highest BCUT2D eigenvalue weighted by molar-refractivity contribution is 7.25. The van der Waals surface area contributed by atoms with Crippen LogP contribution >= 0.6 is 34.3 Å². The van der Waals surface area contributed by atoms with Gasteiger partial charge in [-0.1, -0.05) is 17.7 Å². The summed E-state index contributed by atoms with van der Waals surface area (Å²) in [6, 6.07) is 8.89. The van der Waals surface area contributed by atoms with Gasteiger partial charge in [-0.05, 0) is 48.6 Å². The predicted molar refractivity (Wildman–Crippen MR) is 138 cm³/mol. The minimum absolute atomic E-state index is 0.0363. The van der Waals surface area contributed by atoms with E-state index in [4.69, 9.17) is 21.3 Å². The quantitative estimate of drug-likeness (QED) is 0.249. The Balaban J connectivity index is 1.64. The molecule has 0 bridgehead atoms. The Labute approximate surface area is 216 Å². The first-order chi connectivity index (χ1) is 17.4. The van der Waals surface area contributed by atoms with Crippen molar-refractivity contribution in [2.45, 2.75) is 31.7 Å². The van der Waals surface area contributed by atoms with Crippen molar-refractivity contribution in [1.29, 1.82) is 0 Å². The Morgan fingerprint density at radius 2 is 2.06 bits per heavy atom. The Hall–Kier alpha value is -3.08. The van der Waals surface area contributed by atoms with E-state index in [1.807, 2.05) is 18.2 Å². The lowest BCUT2D eigenvalue weighted by Crippen LogP contribution is -2.23. The molecule has 0 saturated heterocycles. The Morgan fingerprint density at radius 3 is 2.75 bits per heavy atom. The number of phenols is 1. The van der Waals surface area contributed by atoms with Gasteiger partial charge in [0, 0.05) is 22.0 Å². The van der Waals surface area contributed by atoms with E-state index in [0.29, 0.717) is 42.7 Å². The number of benzene rings is 2. The molecular weight excluding hydrogens is 528 g/mol. The molecule has 184 valence electrons. The molecular formula is C25H18ClF2N3O3S2. The number of fused-ring (bicyclic) bond motifs is 3. The van der Waals surface area contributed by atoms with E-state index in [1.54, 1.807) is 13.2 Å². The van der Waals surface area contributed by atoms with Gasteiger partial charge in [0.2, 0.25) is 0 Å². The molecule has 0 radical (unpaired) electrons. The van der Waals surface area contributed by atoms with Crippen molar-refractivity contribution >= 4 is 54.6 Å². The molecule has 2 aromatic carbocycles. The smallest absolute Gasteiger partial charge is 0.289 e. The molecule has 1 fully saturated rings. The molecule has 11 heteroatoms. The molecule has 1 aliphatic carbocycles. The maximum absolute atomic E-state index is 14.0. The van der Waals surface area contributed by atoms with Crippen molar-refractivity contribution in [3.8, 4) is 22.9 Å². The van der Waals surface area contributed by atoms with E-state index in [1.165, 1.54) is 28.2 Å². The van der Waals surface area contributed by atoms with Crippen molar-refractivity contribution in [3.63, 3.8) is 0 Å². The van der Waals surface area contributed by atoms with Crippen LogP contribution in [-0.4, -0.2) is 26.8 Å². The summed E-state index contributed by atoms with van der Waals surface area (Å²) in [7, 11) is 1.60. The zero-order valence-corrected chi connectivity index (χ0v) is 21.2. The fourth-order valence-electron chi connectivity index (χ4n) is 4.39. The van der Waals surface area contributed by atoms with Gasteiger partial charge < -0.3 is 9.84 Å². The summed E-state index contributed by atoms with van der Waals surface area (Å²) in [5.74, 6) is 1.37. The number of hydrogen-bond acceptors (Lipinski definition) is 7. The predicted octanol–water partition coefficient (Wildman–Crippen LogP) is 6.97. The largest absolute Gasteiger partial charge is 0.505 e. The van der Waals surface area contributed by atoms with E-state index in [-0.39, 0.29) is 27.9 Å². The number of halogens is 3. The molecule has 0 aliphatic heterocycles. The summed E-state index contributed by atoms with van der Waals surface area (Å²) in [5.41, 5.74) is 1.49. The van der Waals surface area contributed by atoms with Crippen molar-refractivity contribution in [1.82, 2.24) is 14.5 Å². The lowest BCUT2D eigenvalue weighted by atomic mass is 10.0. The van der Waals surface area contributed by atoms with Crippen LogP contribution in [0.4, 0.5) is 8.78 Å². The third kappa shape index (κ3) is 3.84. The first-order valence-corrected chi connectivity index (χ1v) is 13.1. The van der Waals surface area contributed by atoms with Crippen molar-refractivity contribution in [2.75, 3.05) is 7.11 Å². The highest BCUT2D eigenvalue weighted by Gasteiger charge is 2.29. The maximum atomic E-state index is 14.0. The molecule has 1 aliphatic rings. The van der Waals surface area contributed by atoms with Gasteiger partial charge in [0.25, 0.3) is 12.0 Å². The number of thiazole rings is 1. The summed E-state index contributed by atoms with van der Waals surface area (Å²) in [6.45, 7) is 0.0363. The van der Waals surface area contributed by atoms with Gasteiger partial charge >= 0.3 is 0 Å². The fraction of sp³-hybridized carbons (Fsp3) is 0.240. The highest BCUT2D eigenvalue weighted by atomic mass is 35.5.